The molecule has 8 heteroatoms. The second-order valence-electron chi connectivity index (χ2n) is 4.18. The highest BCUT2D eigenvalue weighted by Crippen LogP contribution is 2.35. The maximum Gasteiger partial charge on any atom is 0.573 e. The third-order valence-corrected chi connectivity index (χ3v) is 3.44. The Morgan fingerprint density at radius 1 is 1.38 bits per heavy atom. The smallest absolute Gasteiger partial charge is 0.405 e. The first-order chi connectivity index (χ1) is 9.83. The Labute approximate surface area is 127 Å². The van der Waals surface area contributed by atoms with E-state index in [-0.39, 0.29) is 5.56 Å². The minimum atomic E-state index is -4.82. The van der Waals surface area contributed by atoms with Crippen molar-refractivity contribution in [3.05, 3.63) is 46.2 Å². The van der Waals surface area contributed by atoms with Crippen molar-refractivity contribution in [2.75, 3.05) is 0 Å². The van der Waals surface area contributed by atoms with Gasteiger partial charge in [-0.15, -0.1) is 13.2 Å². The molecule has 2 rings (SSSR count). The zero-order valence-electron chi connectivity index (χ0n) is 10.9. The third-order valence-electron chi connectivity index (χ3n) is 2.83. The van der Waals surface area contributed by atoms with E-state index in [0.29, 0.717) is 16.7 Å². The van der Waals surface area contributed by atoms with Gasteiger partial charge in [-0.25, -0.2) is 0 Å². The number of nitrogens with zero attached hydrogens (tertiary/aromatic N) is 2. The van der Waals surface area contributed by atoms with Crippen molar-refractivity contribution in [2.45, 2.75) is 25.9 Å². The quantitative estimate of drug-likeness (QED) is 0.900. The van der Waals surface area contributed by atoms with Crippen molar-refractivity contribution in [1.82, 2.24) is 9.78 Å². The summed E-state index contributed by atoms with van der Waals surface area (Å²) in [7, 11) is 0. The first-order valence-electron chi connectivity index (χ1n) is 6.07. The SMILES string of the molecule is CCn1ncc(Br)c1C(O)c1ccccc1OC(F)(F)F. The van der Waals surface area contributed by atoms with Crippen LogP contribution >= 0.6 is 15.9 Å². The fourth-order valence-electron chi connectivity index (χ4n) is 1.97. The molecule has 21 heavy (non-hydrogen) atoms. The monoisotopic (exact) mass is 364 g/mol. The molecule has 0 saturated heterocycles. The van der Waals surface area contributed by atoms with Gasteiger partial charge >= 0.3 is 6.36 Å². The topological polar surface area (TPSA) is 47.3 Å². The van der Waals surface area contributed by atoms with Crippen molar-refractivity contribution in [2.24, 2.45) is 0 Å². The Kier molecular flexibility index (Phi) is 4.58. The van der Waals surface area contributed by atoms with Crippen molar-refractivity contribution in [3.8, 4) is 5.75 Å². The second kappa shape index (κ2) is 6.07. The lowest BCUT2D eigenvalue weighted by Crippen LogP contribution is -2.19. The molecule has 0 fully saturated rings. The lowest BCUT2D eigenvalue weighted by molar-refractivity contribution is -0.275. The molecule has 1 aromatic heterocycles. The summed E-state index contributed by atoms with van der Waals surface area (Å²) in [6, 6.07) is 5.48. The minimum absolute atomic E-state index is 0.0192. The average molecular weight is 365 g/mol. The lowest BCUT2D eigenvalue weighted by atomic mass is 10.1. The first kappa shape index (κ1) is 15.8. The van der Waals surface area contributed by atoms with Crippen LogP contribution in [0.1, 0.15) is 24.3 Å². The number of ether oxygens (including phenoxy) is 1. The molecule has 1 N–H and O–H groups in total. The van der Waals surface area contributed by atoms with Crippen LogP contribution in [-0.4, -0.2) is 21.2 Å². The molecule has 114 valence electrons. The van der Waals surface area contributed by atoms with E-state index in [4.69, 9.17) is 0 Å². The van der Waals surface area contributed by atoms with Gasteiger partial charge in [0, 0.05) is 12.1 Å². The number of hydrogen-bond acceptors (Lipinski definition) is 3. The number of hydrogen-bond donors (Lipinski definition) is 1. The van der Waals surface area contributed by atoms with E-state index >= 15 is 0 Å². The van der Waals surface area contributed by atoms with Crippen LogP contribution in [0, 0.1) is 0 Å². The van der Waals surface area contributed by atoms with E-state index in [1.165, 1.54) is 29.1 Å². The van der Waals surface area contributed by atoms with Crippen LogP contribution < -0.4 is 4.74 Å². The predicted molar refractivity (Wildman–Crippen MR) is 72.8 cm³/mol. The molecule has 0 bridgehead atoms. The fourth-order valence-corrected chi connectivity index (χ4v) is 2.48. The standard InChI is InChI=1S/C13H12BrF3N2O2/c1-2-19-11(9(14)7-18-19)12(20)8-5-3-4-6-10(8)21-13(15,16)17/h3-7,12,20H,2H2,1H3. The molecule has 2 aromatic rings. The molecule has 0 aliphatic rings. The Morgan fingerprint density at radius 2 is 2.05 bits per heavy atom. The average Bonchev–Trinajstić information content (AvgIpc) is 2.78. The highest BCUT2D eigenvalue weighted by atomic mass is 79.9. The molecule has 4 nitrogen and oxygen atoms in total. The highest BCUT2D eigenvalue weighted by Gasteiger charge is 2.33. The van der Waals surface area contributed by atoms with Gasteiger partial charge in [0.25, 0.3) is 0 Å². The van der Waals surface area contributed by atoms with Crippen LogP contribution in [0.4, 0.5) is 13.2 Å². The maximum atomic E-state index is 12.4. The molecule has 0 spiro atoms. The van der Waals surface area contributed by atoms with Gasteiger partial charge < -0.3 is 9.84 Å². The normalized spacial score (nSPS) is 13.2. The highest BCUT2D eigenvalue weighted by molar-refractivity contribution is 9.10. The van der Waals surface area contributed by atoms with Crippen LogP contribution in [0.5, 0.6) is 5.75 Å². The molecule has 1 atom stereocenters. The molecule has 1 aromatic carbocycles. The summed E-state index contributed by atoms with van der Waals surface area (Å²) >= 11 is 3.24. The summed E-state index contributed by atoms with van der Waals surface area (Å²) < 4.78 is 43.2. The number of benzene rings is 1. The number of aromatic nitrogens is 2. The summed E-state index contributed by atoms with van der Waals surface area (Å²) in [5, 5.41) is 14.4. The summed E-state index contributed by atoms with van der Waals surface area (Å²) in [5.74, 6) is -0.437. The van der Waals surface area contributed by atoms with Crippen molar-refractivity contribution in [3.63, 3.8) is 0 Å². The molecule has 0 saturated carbocycles. The van der Waals surface area contributed by atoms with Gasteiger partial charge in [0.05, 0.1) is 16.4 Å². The minimum Gasteiger partial charge on any atom is -0.405 e. The van der Waals surface area contributed by atoms with Crippen LogP contribution in [0.25, 0.3) is 0 Å². The summed E-state index contributed by atoms with van der Waals surface area (Å²) in [6.45, 7) is 2.29. The van der Waals surface area contributed by atoms with Gasteiger partial charge in [-0.3, -0.25) is 4.68 Å². The number of halogens is 4. The number of rotatable bonds is 4. The number of aryl methyl sites for hydroxylation is 1. The molecule has 1 unspecified atom stereocenters. The Balaban J connectivity index is 2.44. The predicted octanol–water partition coefficient (Wildman–Crippen LogP) is 3.65. The summed E-state index contributed by atoms with van der Waals surface area (Å²) in [4.78, 5) is 0. The number of aliphatic hydroxyl groups excluding tert-OH is 1. The zero-order valence-corrected chi connectivity index (χ0v) is 12.5. The second-order valence-corrected chi connectivity index (χ2v) is 5.04. The van der Waals surface area contributed by atoms with E-state index in [9.17, 15) is 18.3 Å². The first-order valence-corrected chi connectivity index (χ1v) is 6.86. The third kappa shape index (κ3) is 3.56. The Morgan fingerprint density at radius 3 is 2.67 bits per heavy atom. The molecule has 1 heterocycles. The maximum absolute atomic E-state index is 12.4. The van der Waals surface area contributed by atoms with Crippen molar-refractivity contribution < 1.29 is 23.0 Å². The molecular weight excluding hydrogens is 353 g/mol. The van der Waals surface area contributed by atoms with Gasteiger partial charge in [-0.1, -0.05) is 18.2 Å². The summed E-state index contributed by atoms with van der Waals surface area (Å²) in [5.41, 5.74) is 0.390. The largest absolute Gasteiger partial charge is 0.573 e. The van der Waals surface area contributed by atoms with E-state index in [2.05, 4.69) is 25.8 Å². The van der Waals surface area contributed by atoms with Gasteiger partial charge in [0.15, 0.2) is 0 Å². The molecule has 0 radical (unpaired) electrons. The molecule has 0 aliphatic carbocycles. The van der Waals surface area contributed by atoms with Gasteiger partial charge in [-0.2, -0.15) is 5.10 Å². The van der Waals surface area contributed by atoms with E-state index in [0.717, 1.165) is 6.07 Å². The van der Waals surface area contributed by atoms with E-state index in [1.54, 1.807) is 0 Å². The Hall–Kier alpha value is -1.54. The number of alkyl halides is 3. The molecule has 0 amide bonds. The molecular formula is C13H12BrF3N2O2. The number of para-hydroxylation sites is 1. The molecule has 0 aliphatic heterocycles. The van der Waals surface area contributed by atoms with Gasteiger partial charge in [0.1, 0.15) is 11.9 Å². The van der Waals surface area contributed by atoms with Crippen LogP contribution in [0.15, 0.2) is 34.9 Å². The summed E-state index contributed by atoms with van der Waals surface area (Å²) in [6.07, 6.45) is -4.63. The Bertz CT molecular complexity index is 628. The number of aliphatic hydroxyl groups is 1. The van der Waals surface area contributed by atoms with Crippen LogP contribution in [-0.2, 0) is 6.54 Å². The lowest BCUT2D eigenvalue weighted by Gasteiger charge is -2.18. The zero-order chi connectivity index (χ0) is 15.6. The van der Waals surface area contributed by atoms with Crippen molar-refractivity contribution in [1.29, 1.82) is 0 Å². The van der Waals surface area contributed by atoms with Gasteiger partial charge in [0.2, 0.25) is 0 Å². The van der Waals surface area contributed by atoms with Crippen LogP contribution in [0.2, 0.25) is 0 Å². The van der Waals surface area contributed by atoms with Gasteiger partial charge in [-0.05, 0) is 28.9 Å². The van der Waals surface area contributed by atoms with Crippen molar-refractivity contribution >= 4 is 15.9 Å². The van der Waals surface area contributed by atoms with E-state index in [1.807, 2.05) is 6.92 Å². The van der Waals surface area contributed by atoms with E-state index < -0.39 is 18.2 Å². The van der Waals surface area contributed by atoms with Crippen LogP contribution in [0.3, 0.4) is 0 Å². The fraction of sp³-hybridized carbons (Fsp3) is 0.308.